The number of carbonyl (C=O) groups is 4. The Balaban J connectivity index is 0.755. The maximum absolute atomic E-state index is 13.3. The highest BCUT2D eigenvalue weighted by Crippen LogP contribution is 2.35. The highest BCUT2D eigenvalue weighted by atomic mass is 35.5. The highest BCUT2D eigenvalue weighted by molar-refractivity contribution is 6.31. The van der Waals surface area contributed by atoms with Gasteiger partial charge in [0.1, 0.15) is 23.6 Å². The Hall–Kier alpha value is -4.92. The summed E-state index contributed by atoms with van der Waals surface area (Å²) in [5, 5.41) is 11.8. The molecule has 1 aliphatic carbocycles. The summed E-state index contributed by atoms with van der Waals surface area (Å²) < 4.78 is 12.5. The summed E-state index contributed by atoms with van der Waals surface area (Å²) in [7, 11) is 0. The van der Waals surface area contributed by atoms with Crippen molar-refractivity contribution in [3.8, 4) is 17.6 Å². The summed E-state index contributed by atoms with van der Waals surface area (Å²) >= 11 is 6.17. The summed E-state index contributed by atoms with van der Waals surface area (Å²) in [5.74, 6) is 0.875. The summed E-state index contributed by atoms with van der Waals surface area (Å²) in [6.07, 6.45) is 8.64. The molecule has 1 N–H and O–H groups in total. The monoisotopic (exact) mass is 763 g/mol. The smallest absolute Gasteiger partial charge is 0.262 e. The third kappa shape index (κ3) is 8.07. The number of ether oxygens (including phenoxy) is 2. The molecular formula is C43H46ClN5O6. The Kier molecular flexibility index (Phi) is 10.8. The average Bonchev–Trinajstić information content (AvgIpc) is 3.44. The third-order valence-electron chi connectivity index (χ3n) is 12.1. The first-order chi connectivity index (χ1) is 26.7. The number of benzene rings is 3. The predicted molar refractivity (Wildman–Crippen MR) is 206 cm³/mol. The van der Waals surface area contributed by atoms with Crippen LogP contribution < -0.4 is 19.7 Å². The Morgan fingerprint density at radius 1 is 0.727 bits per heavy atom. The molecule has 8 rings (SSSR count). The molecule has 3 aromatic rings. The lowest BCUT2D eigenvalue weighted by Crippen LogP contribution is -2.54. The quantitative estimate of drug-likeness (QED) is 0.244. The molecule has 4 fully saturated rings. The summed E-state index contributed by atoms with van der Waals surface area (Å²) in [6, 6.07) is 20.5. The number of amides is 4. The van der Waals surface area contributed by atoms with Crippen LogP contribution in [0.4, 0.5) is 5.69 Å². The first-order valence-electron chi connectivity index (χ1n) is 19.7. The number of nitrogens with zero attached hydrogens (tertiary/aromatic N) is 4. The van der Waals surface area contributed by atoms with E-state index in [0.29, 0.717) is 39.3 Å². The van der Waals surface area contributed by atoms with E-state index in [-0.39, 0.29) is 31.0 Å². The molecule has 0 spiro atoms. The zero-order valence-electron chi connectivity index (χ0n) is 30.9. The third-order valence-corrected chi connectivity index (χ3v) is 12.5. The van der Waals surface area contributed by atoms with Crippen molar-refractivity contribution in [2.24, 2.45) is 5.92 Å². The number of carbonyl (C=O) groups excluding carboxylic acids is 4. The highest BCUT2D eigenvalue weighted by Gasteiger charge is 2.45. The van der Waals surface area contributed by atoms with Crippen LogP contribution in [-0.2, 0) is 9.59 Å². The van der Waals surface area contributed by atoms with Gasteiger partial charge in [-0.25, -0.2) is 0 Å². The van der Waals surface area contributed by atoms with Crippen LogP contribution in [0.25, 0.3) is 0 Å². The van der Waals surface area contributed by atoms with Crippen molar-refractivity contribution in [1.82, 2.24) is 15.1 Å². The van der Waals surface area contributed by atoms with Gasteiger partial charge < -0.3 is 19.3 Å². The van der Waals surface area contributed by atoms with Gasteiger partial charge in [-0.1, -0.05) is 23.7 Å². The SMILES string of the molecule is N#Cc1ccc(OC2CCC(Oc3ccc(C4CCN(CC5CCN(c6ccc7c(c6)C(=O)N(C6CCC(=O)NC6=O)C7=O)CC5)CC4)cc3)CC2)cc1Cl. The van der Waals surface area contributed by atoms with Crippen LogP contribution in [-0.4, -0.2) is 84.4 Å². The Morgan fingerprint density at radius 2 is 1.38 bits per heavy atom. The maximum atomic E-state index is 13.3. The van der Waals surface area contributed by atoms with Crippen molar-refractivity contribution in [2.45, 2.75) is 88.4 Å². The number of halogens is 1. The molecule has 11 nitrogen and oxygen atoms in total. The number of likely N-dealkylation sites (tertiary alicyclic amines) is 1. The fourth-order valence-electron chi connectivity index (χ4n) is 8.97. The lowest BCUT2D eigenvalue weighted by molar-refractivity contribution is -0.136. The maximum Gasteiger partial charge on any atom is 0.262 e. The zero-order valence-corrected chi connectivity index (χ0v) is 31.6. The van der Waals surface area contributed by atoms with Crippen molar-refractivity contribution < 1.29 is 28.7 Å². The van der Waals surface area contributed by atoms with Crippen LogP contribution in [0.3, 0.4) is 0 Å². The van der Waals surface area contributed by atoms with E-state index in [4.69, 9.17) is 26.3 Å². The van der Waals surface area contributed by atoms with Gasteiger partial charge in [-0.15, -0.1) is 0 Å². The van der Waals surface area contributed by atoms with Crippen molar-refractivity contribution in [2.75, 3.05) is 37.6 Å². The van der Waals surface area contributed by atoms with Crippen molar-refractivity contribution in [1.29, 1.82) is 5.26 Å². The van der Waals surface area contributed by atoms with Crippen LogP contribution in [0.2, 0.25) is 5.02 Å². The van der Waals surface area contributed by atoms with Gasteiger partial charge >= 0.3 is 0 Å². The Bertz CT molecular complexity index is 1990. The molecule has 12 heteroatoms. The van der Waals surface area contributed by atoms with E-state index < -0.39 is 23.8 Å². The molecule has 0 radical (unpaired) electrons. The van der Waals surface area contributed by atoms with Crippen LogP contribution in [0.5, 0.6) is 11.5 Å². The molecular weight excluding hydrogens is 718 g/mol. The number of imide groups is 2. The molecule has 1 atom stereocenters. The molecule has 0 bridgehead atoms. The average molecular weight is 764 g/mol. The molecule has 0 aromatic heterocycles. The second kappa shape index (κ2) is 16.0. The molecule has 3 saturated heterocycles. The summed E-state index contributed by atoms with van der Waals surface area (Å²) in [5.41, 5.74) is 3.40. The van der Waals surface area contributed by atoms with Gasteiger partial charge in [-0.3, -0.25) is 29.4 Å². The number of fused-ring (bicyclic) bond motifs is 1. The Labute approximate surface area is 326 Å². The number of hydrogen-bond acceptors (Lipinski definition) is 9. The van der Waals surface area contributed by atoms with Gasteiger partial charge in [-0.2, -0.15) is 5.26 Å². The summed E-state index contributed by atoms with van der Waals surface area (Å²) in [4.78, 5) is 56.4. The zero-order chi connectivity index (χ0) is 38.1. The van der Waals surface area contributed by atoms with E-state index in [1.54, 1.807) is 24.3 Å². The fourth-order valence-corrected chi connectivity index (χ4v) is 9.19. The first-order valence-corrected chi connectivity index (χ1v) is 20.1. The minimum atomic E-state index is -0.956. The molecule has 286 valence electrons. The molecule has 1 saturated carbocycles. The molecule has 1 unspecified atom stereocenters. The largest absolute Gasteiger partial charge is 0.490 e. The number of anilines is 1. The molecule has 55 heavy (non-hydrogen) atoms. The normalized spacial score (nSPS) is 24.0. The Morgan fingerprint density at radius 3 is 2.04 bits per heavy atom. The summed E-state index contributed by atoms with van der Waals surface area (Å²) in [6.45, 7) is 5.05. The van der Waals surface area contributed by atoms with Crippen molar-refractivity contribution >= 4 is 40.9 Å². The van der Waals surface area contributed by atoms with Gasteiger partial charge in [0.2, 0.25) is 11.8 Å². The number of rotatable bonds is 9. The van der Waals surface area contributed by atoms with E-state index in [1.807, 2.05) is 12.1 Å². The van der Waals surface area contributed by atoms with Gasteiger partial charge in [0.25, 0.3) is 11.8 Å². The number of nitrogens with one attached hydrogen (secondary N) is 1. The lowest BCUT2D eigenvalue weighted by atomic mass is 9.88. The first kappa shape index (κ1) is 37.0. The van der Waals surface area contributed by atoms with Gasteiger partial charge in [0.05, 0.1) is 33.9 Å². The van der Waals surface area contributed by atoms with Gasteiger partial charge in [0.15, 0.2) is 0 Å². The second-order valence-corrected chi connectivity index (χ2v) is 16.0. The van der Waals surface area contributed by atoms with Crippen LogP contribution in [0, 0.1) is 17.2 Å². The van der Waals surface area contributed by atoms with E-state index >= 15 is 0 Å². The molecule has 4 amide bonds. The number of nitriles is 1. The minimum absolute atomic E-state index is 0.104. The van der Waals surface area contributed by atoms with E-state index in [0.717, 1.165) is 100 Å². The van der Waals surface area contributed by atoms with Gasteiger partial charge in [0, 0.05) is 37.8 Å². The molecule has 4 heterocycles. The fraction of sp³-hybridized carbons (Fsp3) is 0.465. The topological polar surface area (TPSA) is 132 Å². The minimum Gasteiger partial charge on any atom is -0.490 e. The van der Waals surface area contributed by atoms with Crippen molar-refractivity contribution in [3.05, 3.63) is 87.9 Å². The predicted octanol–water partition coefficient (Wildman–Crippen LogP) is 6.48. The lowest BCUT2D eigenvalue weighted by Gasteiger charge is -2.38. The van der Waals surface area contributed by atoms with Crippen molar-refractivity contribution in [3.63, 3.8) is 0 Å². The number of piperidine rings is 3. The standard InChI is InChI=1S/C43H46ClN5O6/c44-38-24-35(7-3-30(38)25-45)55-34-10-8-33(9-11-34)54-32-5-1-28(2-6-32)29-17-19-47(20-18-29)26-27-15-21-48(22-16-27)31-4-12-36-37(23-31)43(53)49(42(36)52)39-13-14-40(50)46-41(39)51/h1-7,12,23-24,27,29,33-34,39H,8-11,13-22,26H2,(H,46,50,51). The second-order valence-electron chi connectivity index (χ2n) is 15.6. The molecule has 3 aromatic carbocycles. The van der Waals surface area contributed by atoms with Crippen LogP contribution in [0.15, 0.2) is 60.7 Å². The van der Waals surface area contributed by atoms with Gasteiger partial charge in [-0.05, 0) is 131 Å². The van der Waals surface area contributed by atoms with Crippen LogP contribution >= 0.6 is 11.6 Å². The molecule has 4 aliphatic heterocycles. The molecule has 5 aliphatic rings. The number of hydrogen-bond donors (Lipinski definition) is 1. The van der Waals surface area contributed by atoms with E-state index in [1.165, 1.54) is 5.56 Å². The van der Waals surface area contributed by atoms with E-state index in [9.17, 15) is 19.2 Å². The van der Waals surface area contributed by atoms with E-state index in [2.05, 4.69) is 45.5 Å². The van der Waals surface area contributed by atoms with Crippen LogP contribution in [0.1, 0.15) is 102 Å².